The zero-order valence-electron chi connectivity index (χ0n) is 13.1. The number of amides is 1. The van der Waals surface area contributed by atoms with Crippen molar-refractivity contribution in [3.8, 4) is 11.3 Å². The van der Waals surface area contributed by atoms with Gasteiger partial charge in [0.1, 0.15) is 0 Å². The summed E-state index contributed by atoms with van der Waals surface area (Å²) in [6.45, 7) is 0. The van der Waals surface area contributed by atoms with Crippen LogP contribution >= 0.6 is 22.9 Å². The quantitative estimate of drug-likeness (QED) is 0.557. The lowest BCUT2D eigenvalue weighted by molar-refractivity contribution is -0.115. The first-order chi connectivity index (χ1) is 12.2. The number of anilines is 1. The van der Waals surface area contributed by atoms with Gasteiger partial charge in [-0.15, -0.1) is 11.3 Å². The number of halogens is 1. The van der Waals surface area contributed by atoms with Gasteiger partial charge in [0.05, 0.1) is 12.1 Å². The first-order valence-corrected chi connectivity index (χ1v) is 9.01. The lowest BCUT2D eigenvalue weighted by Gasteiger charge is -2.07. The average Bonchev–Trinajstić information content (AvgIpc) is 3.19. The molecule has 124 valence electrons. The summed E-state index contributed by atoms with van der Waals surface area (Å²) in [5, 5.41) is 5.50. The van der Waals surface area contributed by atoms with Gasteiger partial charge in [0, 0.05) is 34.0 Å². The van der Waals surface area contributed by atoms with Crippen LogP contribution in [0.2, 0.25) is 5.02 Å². The Bertz CT molecular complexity index is 1010. The molecular formula is C19H14ClN3OS. The van der Waals surface area contributed by atoms with Crippen LogP contribution in [0, 0.1) is 0 Å². The van der Waals surface area contributed by atoms with Crippen LogP contribution in [0.1, 0.15) is 5.56 Å². The van der Waals surface area contributed by atoms with Gasteiger partial charge in [-0.3, -0.25) is 9.20 Å². The van der Waals surface area contributed by atoms with Crippen LogP contribution in [-0.4, -0.2) is 15.3 Å². The lowest BCUT2D eigenvalue weighted by Crippen LogP contribution is -2.14. The maximum atomic E-state index is 12.2. The number of hydrogen-bond acceptors (Lipinski definition) is 3. The maximum Gasteiger partial charge on any atom is 0.228 e. The lowest BCUT2D eigenvalue weighted by atomic mass is 10.1. The molecule has 0 saturated heterocycles. The predicted octanol–water partition coefficient (Wildman–Crippen LogP) is 4.90. The van der Waals surface area contributed by atoms with Crippen molar-refractivity contribution in [2.24, 2.45) is 0 Å². The minimum atomic E-state index is -0.0941. The Balaban J connectivity index is 1.46. The number of thiazole rings is 1. The highest BCUT2D eigenvalue weighted by molar-refractivity contribution is 7.15. The zero-order valence-corrected chi connectivity index (χ0v) is 14.7. The van der Waals surface area contributed by atoms with Gasteiger partial charge >= 0.3 is 0 Å². The second-order valence-electron chi connectivity index (χ2n) is 5.61. The fourth-order valence-corrected chi connectivity index (χ4v) is 3.51. The Morgan fingerprint density at radius 1 is 1.16 bits per heavy atom. The number of hydrogen-bond donors (Lipinski definition) is 1. The molecule has 0 spiro atoms. The van der Waals surface area contributed by atoms with Crippen LogP contribution in [0.5, 0.6) is 0 Å². The molecule has 4 nitrogen and oxygen atoms in total. The Kier molecular flexibility index (Phi) is 4.26. The highest BCUT2D eigenvalue weighted by atomic mass is 35.5. The van der Waals surface area contributed by atoms with E-state index in [0.29, 0.717) is 5.02 Å². The smallest absolute Gasteiger partial charge is 0.228 e. The number of fused-ring (bicyclic) bond motifs is 1. The third-order valence-electron chi connectivity index (χ3n) is 3.87. The van der Waals surface area contributed by atoms with Gasteiger partial charge in [-0.2, -0.15) is 0 Å². The van der Waals surface area contributed by atoms with Gasteiger partial charge in [0.15, 0.2) is 4.96 Å². The second kappa shape index (κ2) is 6.70. The molecule has 6 heteroatoms. The summed E-state index contributed by atoms with van der Waals surface area (Å²) in [7, 11) is 0. The molecule has 0 bridgehead atoms. The van der Waals surface area contributed by atoms with Crippen molar-refractivity contribution in [2.75, 3.05) is 5.32 Å². The van der Waals surface area contributed by atoms with E-state index in [9.17, 15) is 4.79 Å². The molecule has 0 fully saturated rings. The number of nitrogens with one attached hydrogen (secondary N) is 1. The Morgan fingerprint density at radius 2 is 1.96 bits per heavy atom. The predicted molar refractivity (Wildman–Crippen MR) is 102 cm³/mol. The van der Waals surface area contributed by atoms with Gasteiger partial charge in [-0.05, 0) is 23.8 Å². The van der Waals surface area contributed by atoms with E-state index in [-0.39, 0.29) is 12.3 Å². The Morgan fingerprint density at radius 3 is 2.72 bits per heavy atom. The molecule has 0 unspecified atom stereocenters. The van der Waals surface area contributed by atoms with E-state index < -0.39 is 0 Å². The van der Waals surface area contributed by atoms with Crippen molar-refractivity contribution in [1.82, 2.24) is 9.38 Å². The Hall–Kier alpha value is -2.63. The van der Waals surface area contributed by atoms with E-state index >= 15 is 0 Å². The molecule has 4 aromatic rings. The largest absolute Gasteiger partial charge is 0.326 e. The van der Waals surface area contributed by atoms with Crippen LogP contribution in [0.3, 0.4) is 0 Å². The molecule has 2 aromatic heterocycles. The summed E-state index contributed by atoms with van der Waals surface area (Å²) in [5.74, 6) is -0.0941. The molecule has 25 heavy (non-hydrogen) atoms. The fraction of sp³-hybridized carbons (Fsp3) is 0.0526. The second-order valence-corrected chi connectivity index (χ2v) is 6.89. The molecule has 2 heterocycles. The molecule has 4 rings (SSSR count). The summed E-state index contributed by atoms with van der Waals surface area (Å²) in [4.78, 5) is 17.7. The van der Waals surface area contributed by atoms with Gasteiger partial charge in [-0.25, -0.2) is 4.98 Å². The average molecular weight is 368 g/mol. The molecule has 1 N–H and O–H groups in total. The molecule has 0 aliphatic carbocycles. The first kappa shape index (κ1) is 15.9. The third-order valence-corrected chi connectivity index (χ3v) is 5.01. The van der Waals surface area contributed by atoms with Gasteiger partial charge in [0.2, 0.25) is 5.91 Å². The van der Waals surface area contributed by atoms with Gasteiger partial charge in [0.25, 0.3) is 0 Å². The SMILES string of the molecule is O=C(Cc1ccccc1Cl)Nc1ccc(-c2cn3ccsc3n2)cc1. The molecule has 0 aliphatic heterocycles. The van der Waals surface area contributed by atoms with E-state index in [0.717, 1.165) is 27.5 Å². The number of carbonyl (C=O) groups excluding carboxylic acids is 1. The van der Waals surface area contributed by atoms with Crippen LogP contribution < -0.4 is 5.32 Å². The number of carbonyl (C=O) groups is 1. The van der Waals surface area contributed by atoms with Crippen molar-refractivity contribution < 1.29 is 4.79 Å². The molecule has 0 saturated carbocycles. The van der Waals surface area contributed by atoms with Gasteiger partial charge in [-0.1, -0.05) is 41.9 Å². The summed E-state index contributed by atoms with van der Waals surface area (Å²) >= 11 is 7.70. The normalized spacial score (nSPS) is 10.9. The number of aromatic nitrogens is 2. The maximum absolute atomic E-state index is 12.2. The van der Waals surface area contributed by atoms with Crippen molar-refractivity contribution in [3.05, 3.63) is 76.9 Å². The third kappa shape index (κ3) is 3.43. The van der Waals surface area contributed by atoms with Crippen LogP contribution in [0.15, 0.2) is 66.3 Å². The molecule has 0 atom stereocenters. The minimum Gasteiger partial charge on any atom is -0.326 e. The monoisotopic (exact) mass is 367 g/mol. The summed E-state index contributed by atoms with van der Waals surface area (Å²) < 4.78 is 2.00. The zero-order chi connectivity index (χ0) is 17.2. The Labute approximate surface area is 153 Å². The van der Waals surface area contributed by atoms with E-state index in [1.54, 1.807) is 17.4 Å². The molecular weight excluding hydrogens is 354 g/mol. The standard InChI is InChI=1S/C19H14ClN3OS/c20-16-4-2-1-3-14(16)11-18(24)21-15-7-5-13(6-8-15)17-12-23-9-10-25-19(23)22-17/h1-10,12H,11H2,(H,21,24). The van der Waals surface area contributed by atoms with Crippen LogP contribution in [-0.2, 0) is 11.2 Å². The van der Waals surface area contributed by atoms with Crippen molar-refractivity contribution >= 4 is 39.5 Å². The summed E-state index contributed by atoms with van der Waals surface area (Å²) in [6, 6.07) is 15.0. The van der Waals surface area contributed by atoms with E-state index in [4.69, 9.17) is 11.6 Å². The first-order valence-electron chi connectivity index (χ1n) is 7.75. The van der Waals surface area contributed by atoms with Crippen molar-refractivity contribution in [2.45, 2.75) is 6.42 Å². The fourth-order valence-electron chi connectivity index (χ4n) is 2.61. The number of rotatable bonds is 4. The van der Waals surface area contributed by atoms with Crippen molar-refractivity contribution in [1.29, 1.82) is 0 Å². The highest BCUT2D eigenvalue weighted by Crippen LogP contribution is 2.23. The minimum absolute atomic E-state index is 0.0941. The number of benzene rings is 2. The van der Waals surface area contributed by atoms with E-state index in [1.807, 2.05) is 64.6 Å². The van der Waals surface area contributed by atoms with E-state index in [2.05, 4.69) is 10.3 Å². The summed E-state index contributed by atoms with van der Waals surface area (Å²) in [5.41, 5.74) is 3.50. The van der Waals surface area contributed by atoms with Crippen LogP contribution in [0.25, 0.3) is 16.2 Å². The van der Waals surface area contributed by atoms with Crippen LogP contribution in [0.4, 0.5) is 5.69 Å². The molecule has 1 amide bonds. The molecule has 0 aliphatic rings. The summed E-state index contributed by atoms with van der Waals surface area (Å²) in [6.07, 6.45) is 4.23. The molecule has 0 radical (unpaired) electrons. The topological polar surface area (TPSA) is 46.4 Å². The van der Waals surface area contributed by atoms with Gasteiger partial charge < -0.3 is 5.32 Å². The molecule has 2 aromatic carbocycles. The van der Waals surface area contributed by atoms with E-state index in [1.165, 1.54) is 0 Å². The number of imidazole rings is 1. The number of nitrogens with zero attached hydrogens (tertiary/aromatic N) is 2. The highest BCUT2D eigenvalue weighted by Gasteiger charge is 2.08. The van der Waals surface area contributed by atoms with Crippen molar-refractivity contribution in [3.63, 3.8) is 0 Å².